The summed E-state index contributed by atoms with van der Waals surface area (Å²) in [6.45, 7) is 2.40. The normalized spacial score (nSPS) is 21.1. The highest BCUT2D eigenvalue weighted by Crippen LogP contribution is 2.44. The second kappa shape index (κ2) is 9.97. The lowest BCUT2D eigenvalue weighted by molar-refractivity contribution is -0.107. The smallest absolute Gasteiger partial charge is 0.252 e. The second-order valence-corrected chi connectivity index (χ2v) is 10.9. The Balaban J connectivity index is 1.37. The Morgan fingerprint density at radius 2 is 1.76 bits per heavy atom. The summed E-state index contributed by atoms with van der Waals surface area (Å²) in [4.78, 5) is 21.5. The molecule has 2 heterocycles. The van der Waals surface area contributed by atoms with Crippen LogP contribution in [0, 0.1) is 30.0 Å². The Morgan fingerprint density at radius 3 is 2.39 bits per heavy atom. The Morgan fingerprint density at radius 1 is 1.08 bits per heavy atom. The number of alkyl halides is 2. The predicted molar refractivity (Wildman–Crippen MR) is 142 cm³/mol. The van der Waals surface area contributed by atoms with Gasteiger partial charge in [0.2, 0.25) is 5.92 Å². The molecular formula is C29H32F3N5O. The zero-order valence-electron chi connectivity index (χ0n) is 21.9. The van der Waals surface area contributed by atoms with Crippen molar-refractivity contribution in [2.45, 2.75) is 63.5 Å². The molecule has 5 rings (SSSR count). The maximum atomic E-state index is 13.8. The van der Waals surface area contributed by atoms with Crippen molar-refractivity contribution in [1.29, 1.82) is 5.26 Å². The van der Waals surface area contributed by atoms with Gasteiger partial charge in [0.1, 0.15) is 23.1 Å². The summed E-state index contributed by atoms with van der Waals surface area (Å²) < 4.78 is 42.6. The molecule has 0 atom stereocenters. The summed E-state index contributed by atoms with van der Waals surface area (Å²) in [6, 6.07) is 12.0. The van der Waals surface area contributed by atoms with Crippen LogP contribution in [0.5, 0.6) is 0 Å². The minimum absolute atomic E-state index is 0.0813. The number of nitrogens with zero attached hydrogens (tertiary/aromatic N) is 5. The zero-order chi connectivity index (χ0) is 27.2. The Bertz CT molecular complexity index is 1450. The van der Waals surface area contributed by atoms with Gasteiger partial charge in [-0.15, -0.1) is 0 Å². The molecule has 0 saturated heterocycles. The number of rotatable bonds is 6. The van der Waals surface area contributed by atoms with E-state index in [0.29, 0.717) is 29.0 Å². The molecule has 2 aliphatic carbocycles. The van der Waals surface area contributed by atoms with Crippen molar-refractivity contribution in [1.82, 2.24) is 9.55 Å². The highest BCUT2D eigenvalue weighted by molar-refractivity contribution is 5.88. The molecule has 2 aromatic heterocycles. The number of halogens is 3. The molecule has 2 fully saturated rings. The van der Waals surface area contributed by atoms with Gasteiger partial charge in [-0.2, -0.15) is 5.26 Å². The van der Waals surface area contributed by atoms with Gasteiger partial charge in [-0.05, 0) is 74.4 Å². The van der Waals surface area contributed by atoms with E-state index in [2.05, 4.69) is 20.9 Å². The summed E-state index contributed by atoms with van der Waals surface area (Å²) in [5, 5.41) is 9.36. The van der Waals surface area contributed by atoms with E-state index in [9.17, 15) is 23.2 Å². The van der Waals surface area contributed by atoms with Gasteiger partial charge in [-0.3, -0.25) is 4.79 Å². The van der Waals surface area contributed by atoms with Crippen molar-refractivity contribution >= 4 is 22.4 Å². The van der Waals surface area contributed by atoms with E-state index in [1.54, 1.807) is 31.3 Å². The van der Waals surface area contributed by atoms with Gasteiger partial charge in [-0.25, -0.2) is 18.2 Å². The molecule has 0 radical (unpaired) electrons. The molecule has 0 unspecified atom stereocenters. The fraction of sp³-hybridized carbons (Fsp3) is 0.483. The first-order chi connectivity index (χ1) is 18.1. The third-order valence-corrected chi connectivity index (χ3v) is 8.32. The average Bonchev–Trinajstić information content (AvgIpc) is 2.88. The number of anilines is 2. The van der Waals surface area contributed by atoms with Crippen molar-refractivity contribution in [2.75, 3.05) is 23.4 Å². The van der Waals surface area contributed by atoms with Gasteiger partial charge in [0.15, 0.2) is 0 Å². The zero-order valence-corrected chi connectivity index (χ0v) is 21.9. The number of pyridine rings is 2. The first-order valence-corrected chi connectivity index (χ1v) is 13.1. The number of aryl methyl sites for hydroxylation is 2. The molecule has 9 heteroatoms. The monoisotopic (exact) mass is 523 g/mol. The topological polar surface area (TPSA) is 65.2 Å². The number of benzene rings is 1. The molecule has 2 saturated carbocycles. The molecule has 0 bridgehead atoms. The second-order valence-electron chi connectivity index (χ2n) is 10.9. The number of aromatic nitrogens is 2. The van der Waals surface area contributed by atoms with Crippen LogP contribution in [0.2, 0.25) is 0 Å². The highest BCUT2D eigenvalue weighted by Gasteiger charge is 2.46. The molecule has 1 aromatic carbocycles. The molecule has 3 aromatic rings. The van der Waals surface area contributed by atoms with Crippen molar-refractivity contribution in [3.8, 4) is 6.07 Å². The van der Waals surface area contributed by atoms with Crippen LogP contribution in [-0.2, 0) is 7.05 Å². The number of nitriles is 1. The van der Waals surface area contributed by atoms with Crippen LogP contribution in [0.4, 0.5) is 24.5 Å². The number of hydrogen-bond donors (Lipinski definition) is 0. The molecular weight excluding hydrogens is 491 g/mol. The Kier molecular flexibility index (Phi) is 6.84. The maximum absolute atomic E-state index is 13.8. The maximum Gasteiger partial charge on any atom is 0.252 e. The van der Waals surface area contributed by atoms with E-state index < -0.39 is 5.92 Å². The molecule has 0 spiro atoms. The fourth-order valence-electron chi connectivity index (χ4n) is 6.17. The van der Waals surface area contributed by atoms with E-state index in [-0.39, 0.29) is 42.2 Å². The van der Waals surface area contributed by atoms with Crippen LogP contribution in [0.3, 0.4) is 0 Å². The van der Waals surface area contributed by atoms with Crippen molar-refractivity contribution < 1.29 is 13.2 Å². The van der Waals surface area contributed by atoms with Crippen molar-refractivity contribution in [2.24, 2.45) is 13.0 Å². The average molecular weight is 524 g/mol. The fourth-order valence-corrected chi connectivity index (χ4v) is 6.17. The summed E-state index contributed by atoms with van der Waals surface area (Å²) >= 11 is 0. The molecule has 200 valence electrons. The van der Waals surface area contributed by atoms with Crippen LogP contribution in [-0.4, -0.2) is 41.1 Å². The summed E-state index contributed by atoms with van der Waals surface area (Å²) in [7, 11) is 3.65. The quantitative estimate of drug-likeness (QED) is 0.424. The van der Waals surface area contributed by atoms with Crippen molar-refractivity contribution in [3.63, 3.8) is 0 Å². The predicted octanol–water partition coefficient (Wildman–Crippen LogP) is 5.55. The molecule has 38 heavy (non-hydrogen) atoms. The van der Waals surface area contributed by atoms with Crippen molar-refractivity contribution in [3.05, 3.63) is 63.8 Å². The van der Waals surface area contributed by atoms with Crippen LogP contribution < -0.4 is 15.4 Å². The lowest BCUT2D eigenvalue weighted by atomic mass is 9.80. The standard InChI is InChI=1S/C29H32F3N5O/c1-18-12-20(30)4-10-24(18)37(17-19-14-29(31,32)15-19)23-8-6-22(7-9-23)35(2)26-13-27(38)36(3)25-11-5-21(16-33)34-28(25)26/h4-5,10-13,19,22-23H,6-9,14-15,17H2,1-3H3. The molecule has 2 aliphatic rings. The third-order valence-electron chi connectivity index (χ3n) is 8.32. The van der Waals surface area contributed by atoms with Gasteiger partial charge in [-0.1, -0.05) is 0 Å². The number of fused-ring (bicyclic) bond motifs is 1. The third kappa shape index (κ3) is 4.96. The van der Waals surface area contributed by atoms with Crippen LogP contribution >= 0.6 is 0 Å². The Hall–Kier alpha value is -3.54. The summed E-state index contributed by atoms with van der Waals surface area (Å²) in [6.07, 6.45) is 3.16. The highest BCUT2D eigenvalue weighted by atomic mass is 19.3. The first-order valence-electron chi connectivity index (χ1n) is 13.1. The minimum Gasteiger partial charge on any atom is -0.370 e. The largest absolute Gasteiger partial charge is 0.370 e. The van der Waals surface area contributed by atoms with Gasteiger partial charge < -0.3 is 14.4 Å². The lowest BCUT2D eigenvalue weighted by Crippen LogP contribution is -2.49. The van der Waals surface area contributed by atoms with E-state index >= 15 is 0 Å². The number of hydrogen-bond acceptors (Lipinski definition) is 5. The van der Waals surface area contributed by atoms with Gasteiger partial charge in [0.05, 0.1) is 11.2 Å². The van der Waals surface area contributed by atoms with Gasteiger partial charge in [0.25, 0.3) is 5.56 Å². The van der Waals surface area contributed by atoms with E-state index in [1.165, 1.54) is 16.7 Å². The summed E-state index contributed by atoms with van der Waals surface area (Å²) in [5.41, 5.74) is 3.85. The van der Waals surface area contributed by atoms with Crippen LogP contribution in [0.15, 0.2) is 41.2 Å². The van der Waals surface area contributed by atoms with Gasteiger partial charge in [0, 0.05) is 57.3 Å². The van der Waals surface area contributed by atoms with E-state index in [0.717, 1.165) is 36.9 Å². The summed E-state index contributed by atoms with van der Waals surface area (Å²) in [5.74, 6) is -2.97. The first kappa shape index (κ1) is 26.1. The molecule has 0 amide bonds. The Labute approximate surface area is 220 Å². The van der Waals surface area contributed by atoms with Crippen LogP contribution in [0.25, 0.3) is 11.0 Å². The van der Waals surface area contributed by atoms with E-state index in [1.807, 2.05) is 14.0 Å². The van der Waals surface area contributed by atoms with Crippen LogP contribution in [0.1, 0.15) is 49.8 Å². The molecule has 0 N–H and O–H groups in total. The molecule has 6 nitrogen and oxygen atoms in total. The lowest BCUT2D eigenvalue weighted by Gasteiger charge is -2.45. The minimum atomic E-state index is -2.58. The van der Waals surface area contributed by atoms with E-state index in [4.69, 9.17) is 0 Å². The van der Waals surface area contributed by atoms with Gasteiger partial charge >= 0.3 is 0 Å². The SMILES string of the molecule is Cc1cc(F)ccc1N(CC1CC(F)(F)C1)C1CCC(N(C)c2cc(=O)n(C)c3ccc(C#N)nc23)CC1. The molecule has 0 aliphatic heterocycles.